The van der Waals surface area contributed by atoms with Crippen molar-refractivity contribution in [3.63, 3.8) is 0 Å². The summed E-state index contributed by atoms with van der Waals surface area (Å²) >= 11 is 0. The van der Waals surface area contributed by atoms with E-state index in [2.05, 4.69) is 13.5 Å². The van der Waals surface area contributed by atoms with E-state index in [-0.39, 0.29) is 5.92 Å². The van der Waals surface area contributed by atoms with Gasteiger partial charge in [0.2, 0.25) is 0 Å². The van der Waals surface area contributed by atoms with Crippen LogP contribution < -0.4 is 0 Å². The number of hydrogen-bond donors (Lipinski definition) is 1. The molecule has 0 aliphatic carbocycles. The van der Waals surface area contributed by atoms with Crippen LogP contribution in [0.25, 0.3) is 0 Å². The number of aliphatic carboxylic acids is 1. The first kappa shape index (κ1) is 11.2. The first-order valence-corrected chi connectivity index (χ1v) is 4.41. The van der Waals surface area contributed by atoms with Crippen molar-refractivity contribution in [2.75, 3.05) is 0 Å². The van der Waals surface area contributed by atoms with Crippen molar-refractivity contribution in [3.8, 4) is 0 Å². The average molecular weight is 170 g/mol. The van der Waals surface area contributed by atoms with Crippen LogP contribution in [-0.2, 0) is 4.79 Å². The third-order valence-electron chi connectivity index (χ3n) is 2.04. The molecule has 1 N–H and O–H groups in total. The van der Waals surface area contributed by atoms with Gasteiger partial charge in [-0.1, -0.05) is 19.9 Å². The van der Waals surface area contributed by atoms with Crippen LogP contribution in [0.1, 0.15) is 33.1 Å². The Bertz CT molecular complexity index is 152. The fourth-order valence-corrected chi connectivity index (χ4v) is 1.22. The molecule has 2 atom stereocenters. The van der Waals surface area contributed by atoms with Gasteiger partial charge in [-0.2, -0.15) is 0 Å². The number of carboxylic acids is 1. The minimum Gasteiger partial charge on any atom is -0.481 e. The summed E-state index contributed by atoms with van der Waals surface area (Å²) in [5, 5.41) is 8.64. The molecule has 2 nitrogen and oxygen atoms in total. The molecule has 0 heterocycles. The van der Waals surface area contributed by atoms with E-state index >= 15 is 0 Å². The first-order chi connectivity index (χ1) is 5.57. The van der Waals surface area contributed by atoms with Crippen LogP contribution >= 0.6 is 0 Å². The summed E-state index contributed by atoms with van der Waals surface area (Å²) in [6.45, 7) is 7.47. The van der Waals surface area contributed by atoms with Gasteiger partial charge in [0, 0.05) is 0 Å². The molecule has 0 aliphatic heterocycles. The Morgan fingerprint density at radius 3 is 2.58 bits per heavy atom. The lowest BCUT2D eigenvalue weighted by molar-refractivity contribution is -0.141. The fraction of sp³-hybridized carbons (Fsp3) is 0.700. The minimum absolute atomic E-state index is 0.218. The van der Waals surface area contributed by atoms with Gasteiger partial charge in [0.15, 0.2) is 0 Å². The smallest absolute Gasteiger partial charge is 0.306 e. The van der Waals surface area contributed by atoms with Gasteiger partial charge in [0.1, 0.15) is 0 Å². The number of allylic oxidation sites excluding steroid dienone is 1. The Balaban J connectivity index is 3.60. The van der Waals surface area contributed by atoms with E-state index < -0.39 is 5.97 Å². The summed E-state index contributed by atoms with van der Waals surface area (Å²) in [7, 11) is 0. The summed E-state index contributed by atoms with van der Waals surface area (Å²) in [5.41, 5.74) is 0. The topological polar surface area (TPSA) is 37.3 Å². The quantitative estimate of drug-likeness (QED) is 0.622. The Morgan fingerprint density at radius 1 is 1.58 bits per heavy atom. The number of rotatable bonds is 6. The Morgan fingerprint density at radius 2 is 2.17 bits per heavy atom. The van der Waals surface area contributed by atoms with Crippen molar-refractivity contribution >= 4 is 5.97 Å². The van der Waals surface area contributed by atoms with Crippen molar-refractivity contribution in [1.29, 1.82) is 0 Å². The predicted octanol–water partition coefficient (Wildman–Crippen LogP) is 2.70. The fourth-order valence-electron chi connectivity index (χ4n) is 1.22. The predicted molar refractivity (Wildman–Crippen MR) is 50.0 cm³/mol. The van der Waals surface area contributed by atoms with Crippen LogP contribution in [0.15, 0.2) is 12.7 Å². The van der Waals surface area contributed by atoms with Crippen molar-refractivity contribution < 1.29 is 9.90 Å². The number of carbonyl (C=O) groups is 1. The monoisotopic (exact) mass is 170 g/mol. The van der Waals surface area contributed by atoms with Crippen LogP contribution in [0.5, 0.6) is 0 Å². The molecule has 0 aromatic rings. The van der Waals surface area contributed by atoms with Gasteiger partial charge in [-0.05, 0) is 25.2 Å². The Hall–Kier alpha value is -0.790. The highest BCUT2D eigenvalue weighted by Crippen LogP contribution is 2.16. The van der Waals surface area contributed by atoms with Crippen molar-refractivity contribution in [1.82, 2.24) is 0 Å². The molecule has 0 aliphatic rings. The highest BCUT2D eigenvalue weighted by Gasteiger charge is 2.14. The van der Waals surface area contributed by atoms with E-state index in [9.17, 15) is 4.79 Å². The van der Waals surface area contributed by atoms with Crippen LogP contribution in [0.3, 0.4) is 0 Å². The molecule has 0 rings (SSSR count). The zero-order valence-corrected chi connectivity index (χ0v) is 7.92. The molecule has 0 saturated carbocycles. The molecule has 0 aromatic carbocycles. The maximum Gasteiger partial charge on any atom is 0.306 e. The highest BCUT2D eigenvalue weighted by molar-refractivity contribution is 5.69. The molecule has 0 spiro atoms. The molecule has 0 saturated heterocycles. The second-order valence-electron chi connectivity index (χ2n) is 3.45. The molecular weight excluding hydrogens is 152 g/mol. The summed E-state index contributed by atoms with van der Waals surface area (Å²) in [5.74, 6) is -0.431. The van der Waals surface area contributed by atoms with E-state index in [0.29, 0.717) is 5.92 Å². The lowest BCUT2D eigenvalue weighted by atomic mass is 9.94. The van der Waals surface area contributed by atoms with Crippen LogP contribution in [0, 0.1) is 11.8 Å². The van der Waals surface area contributed by atoms with E-state index in [4.69, 9.17) is 5.11 Å². The average Bonchev–Trinajstić information content (AvgIpc) is 2.00. The van der Waals surface area contributed by atoms with Crippen LogP contribution in [0.2, 0.25) is 0 Å². The number of hydrogen-bond acceptors (Lipinski definition) is 1. The van der Waals surface area contributed by atoms with E-state index in [1.165, 1.54) is 0 Å². The normalized spacial score (nSPS) is 15.2. The van der Waals surface area contributed by atoms with Crippen LogP contribution in [-0.4, -0.2) is 11.1 Å². The second kappa shape index (κ2) is 5.81. The molecule has 0 bridgehead atoms. The maximum absolute atomic E-state index is 10.5. The summed E-state index contributed by atoms with van der Waals surface area (Å²) in [6, 6.07) is 0. The second-order valence-corrected chi connectivity index (χ2v) is 3.45. The zero-order valence-electron chi connectivity index (χ0n) is 7.92. The molecule has 70 valence electrons. The van der Waals surface area contributed by atoms with Crippen LogP contribution in [0.4, 0.5) is 0 Å². The van der Waals surface area contributed by atoms with Gasteiger partial charge in [-0.15, -0.1) is 6.58 Å². The molecule has 0 amide bonds. The summed E-state index contributed by atoms with van der Waals surface area (Å²) in [6.07, 6.45) is 4.67. The first-order valence-electron chi connectivity index (χ1n) is 4.41. The summed E-state index contributed by atoms with van der Waals surface area (Å²) in [4.78, 5) is 10.5. The largest absolute Gasteiger partial charge is 0.481 e. The Labute approximate surface area is 74.3 Å². The third kappa shape index (κ3) is 4.94. The molecule has 0 fully saturated rings. The maximum atomic E-state index is 10.5. The molecule has 0 aromatic heterocycles. The van der Waals surface area contributed by atoms with E-state index in [1.54, 1.807) is 6.92 Å². The van der Waals surface area contributed by atoms with Gasteiger partial charge in [0.25, 0.3) is 0 Å². The lowest BCUT2D eigenvalue weighted by Gasteiger charge is -2.12. The third-order valence-corrected chi connectivity index (χ3v) is 2.04. The standard InChI is InChI=1S/C10H18O2/c1-4-5-6-8(2)7-9(3)10(11)12/h4,8-9H,1,5-7H2,2-3H3,(H,11,12). The van der Waals surface area contributed by atoms with Gasteiger partial charge < -0.3 is 5.11 Å². The van der Waals surface area contributed by atoms with Crippen molar-refractivity contribution in [3.05, 3.63) is 12.7 Å². The molecule has 2 heteroatoms. The number of carboxylic acid groups (broad SMARTS) is 1. The SMILES string of the molecule is C=CCCC(C)CC(C)C(=O)O. The molecule has 0 radical (unpaired) electrons. The lowest BCUT2D eigenvalue weighted by Crippen LogP contribution is -2.13. The van der Waals surface area contributed by atoms with Crippen molar-refractivity contribution in [2.24, 2.45) is 11.8 Å². The zero-order chi connectivity index (χ0) is 9.56. The molecule has 2 unspecified atom stereocenters. The summed E-state index contributed by atoms with van der Waals surface area (Å²) < 4.78 is 0. The van der Waals surface area contributed by atoms with Gasteiger partial charge in [-0.25, -0.2) is 0 Å². The molecular formula is C10H18O2. The van der Waals surface area contributed by atoms with Crippen molar-refractivity contribution in [2.45, 2.75) is 33.1 Å². The Kier molecular flexibility index (Phi) is 5.43. The minimum atomic E-state index is -0.694. The van der Waals surface area contributed by atoms with Gasteiger partial charge in [-0.3, -0.25) is 4.79 Å². The molecule has 12 heavy (non-hydrogen) atoms. The van der Waals surface area contributed by atoms with E-state index in [1.807, 2.05) is 6.08 Å². The van der Waals surface area contributed by atoms with Gasteiger partial charge in [0.05, 0.1) is 5.92 Å². The van der Waals surface area contributed by atoms with Gasteiger partial charge >= 0.3 is 5.97 Å². The highest BCUT2D eigenvalue weighted by atomic mass is 16.4. The van der Waals surface area contributed by atoms with E-state index in [0.717, 1.165) is 19.3 Å².